The molecule has 0 bridgehead atoms. The van der Waals surface area contributed by atoms with E-state index < -0.39 is 5.67 Å². The molecular formula is C17H24FNO. The van der Waals surface area contributed by atoms with Crippen molar-refractivity contribution in [2.75, 3.05) is 19.7 Å². The normalized spacial score (nSPS) is 29.5. The first-order valence-electron chi connectivity index (χ1n) is 7.76. The van der Waals surface area contributed by atoms with E-state index in [9.17, 15) is 0 Å². The van der Waals surface area contributed by atoms with Crippen LogP contribution in [0.25, 0.3) is 0 Å². The van der Waals surface area contributed by atoms with Crippen LogP contribution in [0.5, 0.6) is 0 Å². The standard InChI is InChI=1S/C17H24FNO/c1-17(18,14-6-4-9-19-12-14)11-16-15-7-3-2-5-13(15)8-10-20-16/h2-3,5,7,14,16,19H,4,6,8-12H2,1H3. The molecule has 1 aromatic rings. The lowest BCUT2D eigenvalue weighted by Gasteiger charge is -2.37. The van der Waals surface area contributed by atoms with Crippen molar-refractivity contribution in [3.05, 3.63) is 35.4 Å². The number of nitrogens with one attached hydrogen (secondary N) is 1. The van der Waals surface area contributed by atoms with Gasteiger partial charge in [0.15, 0.2) is 0 Å². The minimum absolute atomic E-state index is 0.0862. The summed E-state index contributed by atoms with van der Waals surface area (Å²) in [4.78, 5) is 0. The Morgan fingerprint density at radius 1 is 1.40 bits per heavy atom. The second kappa shape index (κ2) is 5.82. The van der Waals surface area contributed by atoms with Gasteiger partial charge in [0.2, 0.25) is 0 Å². The molecule has 2 aliphatic heterocycles. The molecule has 1 aromatic carbocycles. The Kier molecular flexibility index (Phi) is 4.08. The van der Waals surface area contributed by atoms with E-state index in [0.717, 1.165) is 32.4 Å². The lowest BCUT2D eigenvalue weighted by Crippen LogP contribution is -2.42. The van der Waals surface area contributed by atoms with Gasteiger partial charge in [0, 0.05) is 18.9 Å². The van der Waals surface area contributed by atoms with Gasteiger partial charge in [-0.2, -0.15) is 0 Å². The fourth-order valence-electron chi connectivity index (χ4n) is 3.54. The average Bonchev–Trinajstić information content (AvgIpc) is 2.48. The summed E-state index contributed by atoms with van der Waals surface area (Å²) >= 11 is 0. The number of piperidine rings is 1. The summed E-state index contributed by atoms with van der Waals surface area (Å²) < 4.78 is 21.0. The molecule has 1 saturated heterocycles. The molecule has 0 amide bonds. The van der Waals surface area contributed by atoms with Crippen LogP contribution in [-0.2, 0) is 11.2 Å². The van der Waals surface area contributed by atoms with Crippen LogP contribution in [0.1, 0.15) is 43.4 Å². The zero-order valence-corrected chi connectivity index (χ0v) is 12.2. The first-order chi connectivity index (χ1) is 9.67. The number of fused-ring (bicyclic) bond motifs is 1. The van der Waals surface area contributed by atoms with E-state index in [1.54, 1.807) is 6.92 Å². The predicted octanol–water partition coefficient (Wildman–Crippen LogP) is 3.42. The minimum atomic E-state index is -1.16. The van der Waals surface area contributed by atoms with E-state index in [2.05, 4.69) is 23.5 Å². The van der Waals surface area contributed by atoms with Gasteiger partial charge in [-0.25, -0.2) is 4.39 Å². The maximum atomic E-state index is 15.1. The largest absolute Gasteiger partial charge is 0.373 e. The van der Waals surface area contributed by atoms with E-state index >= 15 is 4.39 Å². The molecule has 2 aliphatic rings. The number of ether oxygens (including phenoxy) is 1. The van der Waals surface area contributed by atoms with Gasteiger partial charge in [-0.3, -0.25) is 0 Å². The summed E-state index contributed by atoms with van der Waals surface area (Å²) in [5.41, 5.74) is 1.34. The van der Waals surface area contributed by atoms with Gasteiger partial charge >= 0.3 is 0 Å². The van der Waals surface area contributed by atoms with Gasteiger partial charge in [-0.1, -0.05) is 24.3 Å². The van der Waals surface area contributed by atoms with Crippen molar-refractivity contribution in [2.45, 2.75) is 44.4 Å². The molecule has 3 rings (SSSR count). The number of halogens is 1. The molecule has 0 aliphatic carbocycles. The second-order valence-electron chi connectivity index (χ2n) is 6.33. The van der Waals surface area contributed by atoms with Crippen LogP contribution in [0.4, 0.5) is 4.39 Å². The highest BCUT2D eigenvalue weighted by Gasteiger charge is 2.38. The third-order valence-corrected chi connectivity index (χ3v) is 4.83. The van der Waals surface area contributed by atoms with Crippen LogP contribution in [-0.4, -0.2) is 25.4 Å². The van der Waals surface area contributed by atoms with Gasteiger partial charge in [0.05, 0.1) is 12.7 Å². The molecule has 0 aromatic heterocycles. The lowest BCUT2D eigenvalue weighted by molar-refractivity contribution is -0.0260. The number of benzene rings is 1. The molecule has 110 valence electrons. The first kappa shape index (κ1) is 14.0. The van der Waals surface area contributed by atoms with E-state index in [4.69, 9.17) is 4.74 Å². The zero-order chi connectivity index (χ0) is 14.0. The maximum absolute atomic E-state index is 15.1. The zero-order valence-electron chi connectivity index (χ0n) is 12.2. The molecule has 2 heterocycles. The molecule has 3 unspecified atom stereocenters. The Morgan fingerprint density at radius 3 is 3.05 bits per heavy atom. The molecular weight excluding hydrogens is 253 g/mol. The molecule has 3 heteroatoms. The van der Waals surface area contributed by atoms with Crippen molar-refractivity contribution in [3.63, 3.8) is 0 Å². The van der Waals surface area contributed by atoms with Gasteiger partial charge in [0.1, 0.15) is 5.67 Å². The Hall–Kier alpha value is -0.930. The summed E-state index contributed by atoms with van der Waals surface area (Å²) in [5.74, 6) is 0.105. The van der Waals surface area contributed by atoms with Gasteiger partial charge < -0.3 is 10.1 Å². The third kappa shape index (κ3) is 2.89. The summed E-state index contributed by atoms with van der Waals surface area (Å²) in [5, 5.41) is 3.32. The van der Waals surface area contributed by atoms with Crippen molar-refractivity contribution in [1.29, 1.82) is 0 Å². The van der Waals surface area contributed by atoms with Crippen LogP contribution in [0.2, 0.25) is 0 Å². The highest BCUT2D eigenvalue weighted by Crippen LogP contribution is 2.39. The quantitative estimate of drug-likeness (QED) is 0.914. The van der Waals surface area contributed by atoms with E-state index in [0.29, 0.717) is 13.0 Å². The Balaban J connectivity index is 1.74. The molecule has 1 N–H and O–H groups in total. The summed E-state index contributed by atoms with van der Waals surface area (Å²) in [6, 6.07) is 8.32. The van der Waals surface area contributed by atoms with Crippen molar-refractivity contribution in [1.82, 2.24) is 5.32 Å². The number of alkyl halides is 1. The van der Waals surface area contributed by atoms with Crippen molar-refractivity contribution < 1.29 is 9.13 Å². The summed E-state index contributed by atoms with van der Waals surface area (Å²) in [7, 11) is 0. The number of rotatable bonds is 3. The molecule has 20 heavy (non-hydrogen) atoms. The van der Waals surface area contributed by atoms with Crippen LogP contribution >= 0.6 is 0 Å². The highest BCUT2D eigenvalue weighted by molar-refractivity contribution is 5.31. The smallest absolute Gasteiger partial charge is 0.115 e. The van der Waals surface area contributed by atoms with Crippen molar-refractivity contribution in [3.8, 4) is 0 Å². The van der Waals surface area contributed by atoms with Crippen LogP contribution in [0.15, 0.2) is 24.3 Å². The van der Waals surface area contributed by atoms with Crippen LogP contribution < -0.4 is 5.32 Å². The van der Waals surface area contributed by atoms with Crippen molar-refractivity contribution in [2.24, 2.45) is 5.92 Å². The highest BCUT2D eigenvalue weighted by atomic mass is 19.1. The first-order valence-corrected chi connectivity index (χ1v) is 7.76. The van der Waals surface area contributed by atoms with Gasteiger partial charge in [-0.15, -0.1) is 0 Å². The SMILES string of the molecule is CC(F)(CC1OCCc2ccccc21)C1CCCNC1. The lowest BCUT2D eigenvalue weighted by atomic mass is 9.79. The molecule has 2 nitrogen and oxygen atoms in total. The number of hydrogen-bond donors (Lipinski definition) is 1. The van der Waals surface area contributed by atoms with E-state index in [1.807, 2.05) is 6.07 Å². The fourth-order valence-corrected chi connectivity index (χ4v) is 3.54. The predicted molar refractivity (Wildman–Crippen MR) is 78.6 cm³/mol. The van der Waals surface area contributed by atoms with Gasteiger partial charge in [0.25, 0.3) is 0 Å². The second-order valence-corrected chi connectivity index (χ2v) is 6.33. The van der Waals surface area contributed by atoms with Gasteiger partial charge in [-0.05, 0) is 43.9 Å². The fraction of sp³-hybridized carbons (Fsp3) is 0.647. The molecule has 3 atom stereocenters. The van der Waals surface area contributed by atoms with E-state index in [1.165, 1.54) is 11.1 Å². The molecule has 0 saturated carbocycles. The number of hydrogen-bond acceptors (Lipinski definition) is 2. The molecule has 1 fully saturated rings. The summed E-state index contributed by atoms with van der Waals surface area (Å²) in [6.07, 6.45) is 3.38. The van der Waals surface area contributed by atoms with Crippen LogP contribution in [0, 0.1) is 5.92 Å². The molecule has 0 spiro atoms. The topological polar surface area (TPSA) is 21.3 Å². The monoisotopic (exact) mass is 277 g/mol. The minimum Gasteiger partial charge on any atom is -0.373 e. The Morgan fingerprint density at radius 2 is 2.25 bits per heavy atom. The third-order valence-electron chi connectivity index (χ3n) is 4.83. The summed E-state index contributed by atoms with van der Waals surface area (Å²) in [6.45, 7) is 4.28. The van der Waals surface area contributed by atoms with E-state index in [-0.39, 0.29) is 12.0 Å². The average molecular weight is 277 g/mol. The Bertz CT molecular complexity index is 454. The molecule has 0 radical (unpaired) electrons. The Labute approximate surface area is 120 Å². The van der Waals surface area contributed by atoms with Crippen LogP contribution in [0.3, 0.4) is 0 Å². The maximum Gasteiger partial charge on any atom is 0.115 e. The van der Waals surface area contributed by atoms with Crippen molar-refractivity contribution >= 4 is 0 Å².